The smallest absolute Gasteiger partial charge is 0.262 e. The molecule has 1 aliphatic carbocycles. The lowest BCUT2D eigenvalue weighted by atomic mass is 9.96. The Morgan fingerprint density at radius 1 is 1.10 bits per heavy atom. The highest BCUT2D eigenvalue weighted by molar-refractivity contribution is 5.94. The molecule has 150 valence electrons. The number of anilines is 2. The monoisotopic (exact) mass is 396 g/mol. The minimum absolute atomic E-state index is 0.0239. The molecule has 1 aromatic heterocycles. The first-order valence-corrected chi connectivity index (χ1v) is 9.54. The van der Waals surface area contributed by atoms with E-state index in [1.807, 2.05) is 12.1 Å². The van der Waals surface area contributed by atoms with Gasteiger partial charge in [0.25, 0.3) is 5.91 Å². The summed E-state index contributed by atoms with van der Waals surface area (Å²) in [5, 5.41) is 6.03. The van der Waals surface area contributed by atoms with Crippen LogP contribution in [0, 0.1) is 5.82 Å². The topological polar surface area (TPSA) is 80.6 Å². The van der Waals surface area contributed by atoms with E-state index in [4.69, 9.17) is 9.15 Å². The Morgan fingerprint density at radius 2 is 1.93 bits per heavy atom. The Labute approximate surface area is 167 Å². The molecule has 0 saturated heterocycles. The first-order chi connectivity index (χ1) is 14.0. The van der Waals surface area contributed by atoms with Crippen LogP contribution in [0.25, 0.3) is 11.0 Å². The van der Waals surface area contributed by atoms with Crippen LogP contribution in [0.15, 0.2) is 40.8 Å². The van der Waals surface area contributed by atoms with E-state index in [0.717, 1.165) is 42.4 Å². The summed E-state index contributed by atoms with van der Waals surface area (Å²) < 4.78 is 25.4. The van der Waals surface area contributed by atoms with Gasteiger partial charge >= 0.3 is 0 Å². The molecule has 1 heterocycles. The van der Waals surface area contributed by atoms with Crippen molar-refractivity contribution in [3.63, 3.8) is 0 Å². The van der Waals surface area contributed by atoms with Gasteiger partial charge in [-0.25, -0.2) is 4.39 Å². The molecule has 0 unspecified atom stereocenters. The maximum Gasteiger partial charge on any atom is 0.262 e. The van der Waals surface area contributed by atoms with Crippen molar-refractivity contribution in [2.24, 2.45) is 0 Å². The van der Waals surface area contributed by atoms with E-state index >= 15 is 0 Å². The summed E-state index contributed by atoms with van der Waals surface area (Å²) in [6.07, 6.45) is 4.20. The predicted molar refractivity (Wildman–Crippen MR) is 108 cm³/mol. The molecule has 0 aliphatic heterocycles. The average molecular weight is 396 g/mol. The van der Waals surface area contributed by atoms with Crippen LogP contribution in [0.4, 0.5) is 15.8 Å². The highest BCUT2D eigenvalue weighted by Crippen LogP contribution is 2.34. The maximum absolute atomic E-state index is 14.0. The van der Waals surface area contributed by atoms with E-state index in [2.05, 4.69) is 10.6 Å². The van der Waals surface area contributed by atoms with Gasteiger partial charge in [0, 0.05) is 30.0 Å². The lowest BCUT2D eigenvalue weighted by molar-refractivity contribution is -0.118. The predicted octanol–water partition coefficient (Wildman–Crippen LogP) is 4.43. The minimum atomic E-state index is -0.598. The van der Waals surface area contributed by atoms with Crippen molar-refractivity contribution in [2.45, 2.75) is 32.6 Å². The summed E-state index contributed by atoms with van der Waals surface area (Å²) in [5.74, 6) is 0.205. The van der Waals surface area contributed by atoms with Gasteiger partial charge in [0.2, 0.25) is 5.91 Å². The van der Waals surface area contributed by atoms with Gasteiger partial charge in [0.05, 0.1) is 5.69 Å². The first kappa shape index (κ1) is 19.0. The maximum atomic E-state index is 14.0. The Morgan fingerprint density at radius 3 is 2.76 bits per heavy atom. The average Bonchev–Trinajstić information content (AvgIpc) is 3.06. The molecule has 29 heavy (non-hydrogen) atoms. The fourth-order valence-electron chi connectivity index (χ4n) is 3.57. The van der Waals surface area contributed by atoms with Crippen LogP contribution in [-0.4, -0.2) is 18.4 Å². The van der Waals surface area contributed by atoms with Crippen LogP contribution in [-0.2, 0) is 22.4 Å². The summed E-state index contributed by atoms with van der Waals surface area (Å²) in [7, 11) is 0. The van der Waals surface area contributed by atoms with Crippen LogP contribution in [0.2, 0.25) is 0 Å². The molecule has 3 aromatic rings. The number of ether oxygens (including phenoxy) is 1. The number of rotatable bonds is 5. The van der Waals surface area contributed by atoms with Gasteiger partial charge in [-0.15, -0.1) is 0 Å². The summed E-state index contributed by atoms with van der Waals surface area (Å²) in [6.45, 7) is 1.08. The molecule has 0 atom stereocenters. The number of furan rings is 1. The molecule has 6 nitrogen and oxygen atoms in total. The molecule has 0 radical (unpaired) electrons. The van der Waals surface area contributed by atoms with Crippen LogP contribution in [0.5, 0.6) is 5.75 Å². The number of aryl methyl sites for hydroxylation is 2. The number of halogens is 1. The van der Waals surface area contributed by atoms with E-state index in [1.165, 1.54) is 30.7 Å². The number of benzene rings is 2. The third-order valence-electron chi connectivity index (χ3n) is 4.86. The second-order valence-corrected chi connectivity index (χ2v) is 7.08. The Kier molecular flexibility index (Phi) is 5.20. The van der Waals surface area contributed by atoms with Crippen LogP contribution >= 0.6 is 0 Å². The first-order valence-electron chi connectivity index (χ1n) is 9.54. The molecule has 2 amide bonds. The summed E-state index contributed by atoms with van der Waals surface area (Å²) >= 11 is 0. The largest absolute Gasteiger partial charge is 0.484 e. The van der Waals surface area contributed by atoms with Crippen LogP contribution < -0.4 is 15.4 Å². The second kappa shape index (κ2) is 7.95. The highest BCUT2D eigenvalue weighted by Gasteiger charge is 2.18. The van der Waals surface area contributed by atoms with E-state index < -0.39 is 11.7 Å². The summed E-state index contributed by atoms with van der Waals surface area (Å²) in [6, 6.07) is 9.44. The number of amides is 2. The van der Waals surface area contributed by atoms with Crippen molar-refractivity contribution < 1.29 is 23.1 Å². The zero-order chi connectivity index (χ0) is 20.4. The summed E-state index contributed by atoms with van der Waals surface area (Å²) in [5.41, 5.74) is 2.41. The van der Waals surface area contributed by atoms with Crippen molar-refractivity contribution in [1.82, 2.24) is 0 Å². The molecule has 7 heteroatoms. The van der Waals surface area contributed by atoms with Gasteiger partial charge in [-0.2, -0.15) is 0 Å². The number of carbonyl (C=O) groups excluding carboxylic acids is 2. The van der Waals surface area contributed by atoms with Gasteiger partial charge in [0.15, 0.2) is 6.61 Å². The molecule has 0 bridgehead atoms. The Hall–Kier alpha value is -3.35. The number of fused-ring (bicyclic) bond motifs is 3. The van der Waals surface area contributed by atoms with E-state index in [1.54, 1.807) is 6.07 Å². The molecule has 0 fully saturated rings. The van der Waals surface area contributed by atoms with Crippen molar-refractivity contribution in [3.05, 3.63) is 53.5 Å². The SMILES string of the molecule is CC(=O)Nc1ccc(F)c(NC(=O)COc2ccc3oc4c(c3c2)CCCC4)c1. The molecule has 0 spiro atoms. The standard InChI is InChI=1S/C22H21FN2O4/c1-13(26)24-14-6-8-18(23)19(10-14)25-22(27)12-28-15-7-9-21-17(11-15)16-4-2-3-5-20(16)29-21/h6-11H,2-5,12H2,1H3,(H,24,26)(H,25,27). The molecular weight excluding hydrogens is 375 g/mol. The highest BCUT2D eigenvalue weighted by atomic mass is 19.1. The van der Waals surface area contributed by atoms with Gasteiger partial charge < -0.3 is 19.8 Å². The fraction of sp³-hybridized carbons (Fsp3) is 0.273. The van der Waals surface area contributed by atoms with E-state index in [0.29, 0.717) is 11.4 Å². The van der Waals surface area contributed by atoms with Crippen LogP contribution in [0.3, 0.4) is 0 Å². The van der Waals surface area contributed by atoms with E-state index in [9.17, 15) is 14.0 Å². The molecule has 4 rings (SSSR count). The third-order valence-corrected chi connectivity index (χ3v) is 4.86. The van der Waals surface area contributed by atoms with Gasteiger partial charge in [0.1, 0.15) is 22.9 Å². The molecule has 2 N–H and O–H groups in total. The van der Waals surface area contributed by atoms with Crippen LogP contribution in [0.1, 0.15) is 31.1 Å². The van der Waals surface area contributed by atoms with Crippen molar-refractivity contribution in [3.8, 4) is 5.75 Å². The normalized spacial score (nSPS) is 13.0. The quantitative estimate of drug-likeness (QED) is 0.669. The third kappa shape index (κ3) is 4.23. The van der Waals surface area contributed by atoms with Gasteiger partial charge in [-0.1, -0.05) is 0 Å². The summed E-state index contributed by atoms with van der Waals surface area (Å²) in [4.78, 5) is 23.3. The van der Waals surface area contributed by atoms with E-state index in [-0.39, 0.29) is 18.2 Å². The molecule has 1 aliphatic rings. The second-order valence-electron chi connectivity index (χ2n) is 7.08. The number of nitrogens with one attached hydrogen (secondary N) is 2. The van der Waals surface area contributed by atoms with Gasteiger partial charge in [-0.05, 0) is 55.7 Å². The zero-order valence-electron chi connectivity index (χ0n) is 16.0. The van der Waals surface area contributed by atoms with Gasteiger partial charge in [-0.3, -0.25) is 9.59 Å². The number of hydrogen-bond donors (Lipinski definition) is 2. The molecule has 0 saturated carbocycles. The number of carbonyl (C=O) groups is 2. The minimum Gasteiger partial charge on any atom is -0.484 e. The Bertz CT molecular complexity index is 1090. The zero-order valence-corrected chi connectivity index (χ0v) is 16.0. The molecule has 2 aromatic carbocycles. The Balaban J connectivity index is 1.43. The number of hydrogen-bond acceptors (Lipinski definition) is 4. The lowest BCUT2D eigenvalue weighted by Gasteiger charge is -2.11. The fourth-order valence-corrected chi connectivity index (χ4v) is 3.57. The van der Waals surface area contributed by atoms with Crippen molar-refractivity contribution >= 4 is 34.2 Å². The molecular formula is C22H21FN2O4. The lowest BCUT2D eigenvalue weighted by Crippen LogP contribution is -2.21. The van der Waals surface area contributed by atoms with Crippen molar-refractivity contribution in [2.75, 3.05) is 17.2 Å². The van der Waals surface area contributed by atoms with Crippen molar-refractivity contribution in [1.29, 1.82) is 0 Å².